The molecule has 1 atom stereocenters. The van der Waals surface area contributed by atoms with Gasteiger partial charge >= 0.3 is 5.97 Å². The smallest absolute Gasteiger partial charge is 0.331 e. The van der Waals surface area contributed by atoms with Crippen molar-refractivity contribution in [1.82, 2.24) is 0 Å². The van der Waals surface area contributed by atoms with Gasteiger partial charge in [0.2, 0.25) is 0 Å². The van der Waals surface area contributed by atoms with Gasteiger partial charge in [0.25, 0.3) is 0 Å². The molecule has 0 aromatic carbocycles. The van der Waals surface area contributed by atoms with Crippen LogP contribution in [0.2, 0.25) is 0 Å². The van der Waals surface area contributed by atoms with Crippen molar-refractivity contribution in [2.24, 2.45) is 5.92 Å². The maximum atomic E-state index is 10.8. The van der Waals surface area contributed by atoms with Crippen LogP contribution in [0, 0.1) is 5.92 Å². The maximum absolute atomic E-state index is 10.8. The van der Waals surface area contributed by atoms with Gasteiger partial charge in [-0.1, -0.05) is 45.1 Å². The van der Waals surface area contributed by atoms with Gasteiger partial charge in [-0.25, -0.2) is 4.79 Å². The molecular formula is C13H24O2. The summed E-state index contributed by atoms with van der Waals surface area (Å²) in [6.07, 6.45) is 6.11. The third-order valence-corrected chi connectivity index (χ3v) is 3.14. The van der Waals surface area contributed by atoms with Gasteiger partial charge < -0.3 is 5.11 Å². The first-order valence-corrected chi connectivity index (χ1v) is 5.91. The first kappa shape index (κ1) is 14.2. The molecule has 2 heteroatoms. The van der Waals surface area contributed by atoms with E-state index in [1.165, 1.54) is 25.7 Å². The maximum Gasteiger partial charge on any atom is 0.331 e. The molecule has 0 fully saturated rings. The zero-order chi connectivity index (χ0) is 11.8. The molecule has 0 radical (unpaired) electrons. The van der Waals surface area contributed by atoms with Crippen LogP contribution in [0.3, 0.4) is 0 Å². The number of carboxylic acid groups (broad SMARTS) is 1. The minimum absolute atomic E-state index is 0.401. The monoisotopic (exact) mass is 212 g/mol. The van der Waals surface area contributed by atoms with E-state index in [1.807, 2.05) is 6.92 Å². The molecule has 1 unspecified atom stereocenters. The fraction of sp³-hybridized carbons (Fsp3) is 0.769. The van der Waals surface area contributed by atoms with Crippen LogP contribution in [0.5, 0.6) is 0 Å². The van der Waals surface area contributed by atoms with Crippen molar-refractivity contribution >= 4 is 5.97 Å². The van der Waals surface area contributed by atoms with Gasteiger partial charge in [0.05, 0.1) is 0 Å². The number of carboxylic acids is 1. The molecule has 1 N–H and O–H groups in total. The highest BCUT2D eigenvalue weighted by Crippen LogP contribution is 2.21. The average molecular weight is 212 g/mol. The standard InChI is InChI=1S/C13H24O2/c1-5-6-7-8-9-10(2)11(3)12(4)13(14)15/h10H,5-9H2,1-4H3,(H,14,15). The van der Waals surface area contributed by atoms with Crippen LogP contribution in [0.15, 0.2) is 11.1 Å². The molecule has 0 aromatic heterocycles. The summed E-state index contributed by atoms with van der Waals surface area (Å²) in [6.45, 7) is 7.95. The quantitative estimate of drug-likeness (QED) is 0.511. The zero-order valence-corrected chi connectivity index (χ0v) is 10.5. The Morgan fingerprint density at radius 2 is 1.80 bits per heavy atom. The summed E-state index contributed by atoms with van der Waals surface area (Å²) in [5.41, 5.74) is 1.54. The summed E-state index contributed by atoms with van der Waals surface area (Å²) < 4.78 is 0. The second-order valence-corrected chi connectivity index (χ2v) is 4.36. The lowest BCUT2D eigenvalue weighted by atomic mass is 9.92. The number of aliphatic carboxylic acids is 1. The van der Waals surface area contributed by atoms with Gasteiger partial charge in [0.15, 0.2) is 0 Å². The number of rotatable bonds is 7. The lowest BCUT2D eigenvalue weighted by molar-refractivity contribution is -0.132. The molecule has 88 valence electrons. The van der Waals surface area contributed by atoms with Gasteiger partial charge in [-0.2, -0.15) is 0 Å². The van der Waals surface area contributed by atoms with Gasteiger partial charge in [0, 0.05) is 5.57 Å². The lowest BCUT2D eigenvalue weighted by Gasteiger charge is -2.13. The van der Waals surface area contributed by atoms with Crippen LogP contribution in [0.1, 0.15) is 59.8 Å². The SMILES string of the molecule is CCCCCCC(C)C(C)=C(C)C(=O)O. The van der Waals surface area contributed by atoms with E-state index in [0.29, 0.717) is 11.5 Å². The summed E-state index contributed by atoms with van der Waals surface area (Å²) in [7, 11) is 0. The Labute approximate surface area is 93.4 Å². The highest BCUT2D eigenvalue weighted by atomic mass is 16.4. The minimum atomic E-state index is -0.784. The van der Waals surface area contributed by atoms with Gasteiger partial charge in [0.1, 0.15) is 0 Å². The average Bonchev–Trinajstić information content (AvgIpc) is 2.21. The van der Waals surface area contributed by atoms with Crippen LogP contribution in [0.25, 0.3) is 0 Å². The third kappa shape index (κ3) is 5.60. The van der Waals surface area contributed by atoms with E-state index in [1.54, 1.807) is 6.92 Å². The highest BCUT2D eigenvalue weighted by Gasteiger charge is 2.11. The van der Waals surface area contributed by atoms with Crippen molar-refractivity contribution in [1.29, 1.82) is 0 Å². The molecule has 15 heavy (non-hydrogen) atoms. The normalized spacial score (nSPS) is 14.7. The van der Waals surface area contributed by atoms with Gasteiger partial charge in [-0.05, 0) is 26.2 Å². The van der Waals surface area contributed by atoms with E-state index < -0.39 is 5.97 Å². The van der Waals surface area contributed by atoms with E-state index in [9.17, 15) is 4.79 Å². The minimum Gasteiger partial charge on any atom is -0.478 e. The first-order chi connectivity index (χ1) is 7.00. The molecule has 0 saturated heterocycles. The molecular weight excluding hydrogens is 188 g/mol. The molecule has 0 heterocycles. The molecule has 0 aliphatic heterocycles. The Kier molecular flexibility index (Phi) is 7.10. The molecule has 0 rings (SSSR count). The molecule has 0 bridgehead atoms. The summed E-state index contributed by atoms with van der Waals surface area (Å²) in [5, 5.41) is 8.85. The molecule has 0 aliphatic carbocycles. The fourth-order valence-corrected chi connectivity index (χ4v) is 1.63. The Balaban J connectivity index is 4.04. The molecule has 0 aromatic rings. The summed E-state index contributed by atoms with van der Waals surface area (Å²) in [4.78, 5) is 10.8. The Morgan fingerprint density at radius 3 is 2.27 bits per heavy atom. The van der Waals surface area contributed by atoms with E-state index in [2.05, 4.69) is 13.8 Å². The van der Waals surface area contributed by atoms with E-state index >= 15 is 0 Å². The second kappa shape index (κ2) is 7.49. The van der Waals surface area contributed by atoms with Crippen molar-refractivity contribution in [3.05, 3.63) is 11.1 Å². The van der Waals surface area contributed by atoms with E-state index in [0.717, 1.165) is 12.0 Å². The molecule has 0 amide bonds. The Hall–Kier alpha value is -0.790. The van der Waals surface area contributed by atoms with Gasteiger partial charge in [-0.15, -0.1) is 0 Å². The number of hydrogen-bond donors (Lipinski definition) is 1. The van der Waals surface area contributed by atoms with Crippen LogP contribution in [-0.4, -0.2) is 11.1 Å². The molecule has 0 spiro atoms. The van der Waals surface area contributed by atoms with Crippen LogP contribution in [0.4, 0.5) is 0 Å². The number of allylic oxidation sites excluding steroid dienone is 1. The first-order valence-electron chi connectivity index (χ1n) is 5.91. The zero-order valence-electron chi connectivity index (χ0n) is 10.5. The Morgan fingerprint density at radius 1 is 1.20 bits per heavy atom. The highest BCUT2D eigenvalue weighted by molar-refractivity contribution is 5.86. The molecule has 0 saturated carbocycles. The van der Waals surface area contributed by atoms with Crippen LogP contribution in [-0.2, 0) is 4.79 Å². The van der Waals surface area contributed by atoms with Crippen LogP contribution >= 0.6 is 0 Å². The molecule has 2 nitrogen and oxygen atoms in total. The Bertz CT molecular complexity index is 229. The van der Waals surface area contributed by atoms with Crippen molar-refractivity contribution < 1.29 is 9.90 Å². The fourth-order valence-electron chi connectivity index (χ4n) is 1.63. The van der Waals surface area contributed by atoms with Crippen molar-refractivity contribution in [2.75, 3.05) is 0 Å². The largest absolute Gasteiger partial charge is 0.478 e. The number of carbonyl (C=O) groups is 1. The summed E-state index contributed by atoms with van der Waals surface area (Å²) in [5.74, 6) is -0.383. The number of hydrogen-bond acceptors (Lipinski definition) is 1. The molecule has 0 aliphatic rings. The van der Waals surface area contributed by atoms with E-state index in [4.69, 9.17) is 5.11 Å². The summed E-state index contributed by atoms with van der Waals surface area (Å²) >= 11 is 0. The van der Waals surface area contributed by atoms with Crippen LogP contribution < -0.4 is 0 Å². The topological polar surface area (TPSA) is 37.3 Å². The summed E-state index contributed by atoms with van der Waals surface area (Å²) in [6, 6.07) is 0. The van der Waals surface area contributed by atoms with Crippen molar-refractivity contribution in [3.8, 4) is 0 Å². The van der Waals surface area contributed by atoms with Gasteiger partial charge in [-0.3, -0.25) is 0 Å². The predicted molar refractivity (Wildman–Crippen MR) is 63.9 cm³/mol. The van der Waals surface area contributed by atoms with E-state index in [-0.39, 0.29) is 0 Å². The van der Waals surface area contributed by atoms with Crippen molar-refractivity contribution in [3.63, 3.8) is 0 Å². The number of unbranched alkanes of at least 4 members (excludes halogenated alkanes) is 3. The van der Waals surface area contributed by atoms with Crippen molar-refractivity contribution in [2.45, 2.75) is 59.8 Å². The predicted octanol–water partition coefficient (Wildman–Crippen LogP) is 4.01. The third-order valence-electron chi connectivity index (χ3n) is 3.14. The lowest BCUT2D eigenvalue weighted by Crippen LogP contribution is -2.05. The second-order valence-electron chi connectivity index (χ2n) is 4.36.